The van der Waals surface area contributed by atoms with Crippen LogP contribution in [0.4, 0.5) is 11.6 Å². The van der Waals surface area contributed by atoms with Gasteiger partial charge in [-0.05, 0) is 37.1 Å². The smallest absolute Gasteiger partial charge is 0.256 e. The van der Waals surface area contributed by atoms with Crippen LogP contribution in [0.15, 0.2) is 86.0 Å². The minimum Gasteiger partial charge on any atom is -0.388 e. The van der Waals surface area contributed by atoms with Gasteiger partial charge in [0.1, 0.15) is 37.3 Å². The van der Waals surface area contributed by atoms with E-state index >= 15 is 0 Å². The summed E-state index contributed by atoms with van der Waals surface area (Å²) < 4.78 is 14.2. The van der Waals surface area contributed by atoms with Crippen molar-refractivity contribution in [2.24, 2.45) is 0 Å². The molecule has 0 unspecified atom stereocenters. The van der Waals surface area contributed by atoms with Gasteiger partial charge in [0.05, 0.1) is 18.8 Å². The number of hydrogen-bond acceptors (Lipinski definition) is 14. The van der Waals surface area contributed by atoms with Gasteiger partial charge in [-0.25, -0.2) is 29.9 Å². The third-order valence-corrected chi connectivity index (χ3v) is 8.53. The van der Waals surface area contributed by atoms with Crippen LogP contribution in [0.25, 0.3) is 22.3 Å². The van der Waals surface area contributed by atoms with Gasteiger partial charge in [-0.1, -0.05) is 65.1 Å². The van der Waals surface area contributed by atoms with Crippen LogP contribution in [0.2, 0.25) is 0 Å². The minimum atomic E-state index is -1.11. The Morgan fingerprint density at radius 1 is 0.768 bits per heavy atom. The van der Waals surface area contributed by atoms with Crippen molar-refractivity contribution in [1.82, 2.24) is 39.0 Å². The van der Waals surface area contributed by atoms with Crippen molar-refractivity contribution in [3.8, 4) is 0 Å². The highest BCUT2D eigenvalue weighted by molar-refractivity contribution is 6.07. The molecule has 6 aromatic rings. The number of carbonyl (C=O) groups excluding carboxylic acids is 4. The van der Waals surface area contributed by atoms with Gasteiger partial charge >= 0.3 is 0 Å². The molecule has 0 spiro atoms. The zero-order valence-corrected chi connectivity index (χ0v) is 29.0. The summed E-state index contributed by atoms with van der Waals surface area (Å²) in [5.74, 6) is -0.198. The topological polar surface area (TPSA) is 238 Å². The Bertz CT molecular complexity index is 2230. The Hall–Kier alpha value is -6.34. The first-order valence-electron chi connectivity index (χ1n) is 16.9. The first-order valence-corrected chi connectivity index (χ1v) is 16.9. The van der Waals surface area contributed by atoms with Crippen LogP contribution in [0, 0.1) is 0 Å². The number of nitrogens with zero attached hydrogens (tertiary/aromatic N) is 8. The fraction of sp³-hybridized carbons (Fsp3) is 0.316. The molecular weight excluding hydrogens is 724 g/mol. The van der Waals surface area contributed by atoms with E-state index in [1.807, 2.05) is 19.1 Å². The number of imidazole rings is 2. The molecule has 0 aliphatic carbocycles. The molecular formula is C38H44N10O8. The van der Waals surface area contributed by atoms with Gasteiger partial charge in [0, 0.05) is 11.1 Å². The molecule has 56 heavy (non-hydrogen) atoms. The van der Waals surface area contributed by atoms with E-state index in [2.05, 4.69) is 40.5 Å². The molecule has 6 atom stereocenters. The molecule has 0 bridgehead atoms. The zero-order chi connectivity index (χ0) is 38.2. The average Bonchev–Trinajstić information content (AvgIpc) is 3.92. The van der Waals surface area contributed by atoms with E-state index in [-0.39, 0.29) is 38.3 Å². The van der Waals surface area contributed by atoms with E-state index in [9.17, 15) is 29.4 Å². The first kappa shape index (κ1) is 42.4. The molecule has 1 fully saturated rings. The molecule has 294 valence electrons. The number of amides is 2. The molecule has 0 radical (unpaired) electrons. The normalized spacial score (nSPS) is 18.4. The van der Waals surface area contributed by atoms with Crippen LogP contribution >= 0.6 is 0 Å². The number of nitrogens with one attached hydrogen (secondary N) is 2. The SMILES string of the molecule is C.C.CC[C@H](C=O)O[C@H](C=O)n1cnc2c(NC(=O)c3ccccc3)ncnc21.CC[C@H]1O[C@@H](n2cnc3c(NC(=O)c4ccccc4)ncnc32)[C@H](O)[C@@H]1O. The molecule has 5 heterocycles. The number of aldehydes is 2. The van der Waals surface area contributed by atoms with Crippen LogP contribution < -0.4 is 10.6 Å². The maximum Gasteiger partial charge on any atom is 0.256 e. The number of aromatic nitrogens is 8. The second-order valence-electron chi connectivity index (χ2n) is 11.9. The first-order chi connectivity index (χ1) is 26.3. The minimum absolute atomic E-state index is 0. The van der Waals surface area contributed by atoms with Crippen molar-refractivity contribution in [3.05, 3.63) is 97.1 Å². The summed E-state index contributed by atoms with van der Waals surface area (Å²) >= 11 is 0. The number of carbonyl (C=O) groups is 4. The van der Waals surface area contributed by atoms with Gasteiger partial charge in [-0.15, -0.1) is 0 Å². The molecule has 0 saturated carbocycles. The largest absolute Gasteiger partial charge is 0.388 e. The van der Waals surface area contributed by atoms with Crippen molar-refractivity contribution < 1.29 is 38.9 Å². The number of fused-ring (bicyclic) bond motifs is 2. The van der Waals surface area contributed by atoms with Crippen LogP contribution in [-0.4, -0.2) is 98.1 Å². The second kappa shape index (κ2) is 19.3. The summed E-state index contributed by atoms with van der Waals surface area (Å²) in [4.78, 5) is 72.1. The molecule has 1 aliphatic heterocycles. The Kier molecular flexibility index (Phi) is 14.6. The number of hydrogen-bond donors (Lipinski definition) is 4. The fourth-order valence-electron chi connectivity index (χ4n) is 5.66. The number of aliphatic hydroxyl groups excluding tert-OH is 2. The van der Waals surface area contributed by atoms with Crippen LogP contribution in [0.5, 0.6) is 0 Å². The van der Waals surface area contributed by atoms with Gasteiger partial charge in [0.2, 0.25) is 0 Å². The van der Waals surface area contributed by atoms with E-state index in [1.54, 1.807) is 60.0 Å². The van der Waals surface area contributed by atoms with Gasteiger partial charge in [-0.2, -0.15) is 0 Å². The number of aliphatic hydroxyl groups is 2. The lowest BCUT2D eigenvalue weighted by Crippen LogP contribution is -2.31. The third-order valence-electron chi connectivity index (χ3n) is 8.53. The summed E-state index contributed by atoms with van der Waals surface area (Å²) in [6.07, 6.45) is 2.36. The fourth-order valence-corrected chi connectivity index (χ4v) is 5.66. The molecule has 2 aromatic carbocycles. The Balaban J connectivity index is 0.000000240. The lowest BCUT2D eigenvalue weighted by Gasteiger charge is -2.17. The maximum absolute atomic E-state index is 12.4. The van der Waals surface area contributed by atoms with E-state index < -0.39 is 36.9 Å². The van der Waals surface area contributed by atoms with Crippen LogP contribution in [-0.2, 0) is 19.1 Å². The van der Waals surface area contributed by atoms with Crippen molar-refractivity contribution in [1.29, 1.82) is 0 Å². The summed E-state index contributed by atoms with van der Waals surface area (Å²) in [7, 11) is 0. The summed E-state index contributed by atoms with van der Waals surface area (Å²) in [5.41, 5.74) is 2.32. The molecule has 18 heteroatoms. The van der Waals surface area contributed by atoms with E-state index in [1.165, 1.54) is 29.9 Å². The predicted molar refractivity (Wildman–Crippen MR) is 205 cm³/mol. The number of benzene rings is 2. The molecule has 1 aliphatic rings. The standard InChI is InChI=1S/C18H19N5O4.C18H17N5O4.2CH4/c1-2-11-13(24)14(25)18(27-11)23-9-21-12-15(19-8-20-16(12)23)22-17(26)10-6-4-3-5-7-10;1-2-13(8-24)27-14(9-25)23-11-21-15-16(19-10-20-17(15)23)22-18(26)12-6-4-3-5-7-12;;/h3-9,11,13-14,18,24-25H,2H2,1H3,(H,19,20,22,26);3-11,13-14H,2H2,1H3,(H,19,20,22,26);2*1H4/t11-,13-,14-,18-;13-,14-;;/m11../s1. The quantitative estimate of drug-likeness (QED) is 0.128. The molecule has 4 aromatic heterocycles. The Labute approximate surface area is 322 Å². The Morgan fingerprint density at radius 2 is 1.30 bits per heavy atom. The lowest BCUT2D eigenvalue weighted by molar-refractivity contribution is -0.136. The highest BCUT2D eigenvalue weighted by Crippen LogP contribution is 2.33. The molecule has 2 amide bonds. The average molecular weight is 769 g/mol. The van der Waals surface area contributed by atoms with E-state index in [0.717, 1.165) is 0 Å². The monoisotopic (exact) mass is 768 g/mol. The molecule has 18 nitrogen and oxygen atoms in total. The second-order valence-corrected chi connectivity index (χ2v) is 11.9. The van der Waals surface area contributed by atoms with Crippen LogP contribution in [0.3, 0.4) is 0 Å². The van der Waals surface area contributed by atoms with Gasteiger partial charge < -0.3 is 35.1 Å². The van der Waals surface area contributed by atoms with Crippen LogP contribution in [0.1, 0.15) is 74.7 Å². The molecule has 4 N–H and O–H groups in total. The summed E-state index contributed by atoms with van der Waals surface area (Å²) in [5, 5.41) is 25.8. The lowest BCUT2D eigenvalue weighted by atomic mass is 10.1. The van der Waals surface area contributed by atoms with Gasteiger partial charge in [0.25, 0.3) is 11.8 Å². The molecule has 1 saturated heterocycles. The summed E-state index contributed by atoms with van der Waals surface area (Å²) in [6, 6.07) is 17.4. The van der Waals surface area contributed by atoms with E-state index in [0.29, 0.717) is 58.9 Å². The van der Waals surface area contributed by atoms with E-state index in [4.69, 9.17) is 9.47 Å². The number of ether oxygens (including phenoxy) is 2. The van der Waals surface area contributed by atoms with Gasteiger partial charge in [-0.3, -0.25) is 23.5 Å². The number of rotatable bonds is 12. The maximum atomic E-state index is 12.4. The molecule has 7 rings (SSSR count). The van der Waals surface area contributed by atoms with Crippen molar-refractivity contribution >= 4 is 58.4 Å². The Morgan fingerprint density at radius 3 is 1.80 bits per heavy atom. The zero-order valence-electron chi connectivity index (χ0n) is 29.0. The van der Waals surface area contributed by atoms with Crippen molar-refractivity contribution in [3.63, 3.8) is 0 Å². The van der Waals surface area contributed by atoms with Crippen molar-refractivity contribution in [2.75, 3.05) is 10.6 Å². The predicted octanol–water partition coefficient (Wildman–Crippen LogP) is 4.15. The summed E-state index contributed by atoms with van der Waals surface area (Å²) in [6.45, 7) is 3.64. The number of anilines is 2. The highest BCUT2D eigenvalue weighted by Gasteiger charge is 2.43. The van der Waals surface area contributed by atoms with Crippen molar-refractivity contribution in [2.45, 2.75) is 78.4 Å². The van der Waals surface area contributed by atoms with Gasteiger partial charge in [0.15, 0.2) is 52.7 Å². The highest BCUT2D eigenvalue weighted by atomic mass is 16.6. The third kappa shape index (κ3) is 8.95.